The Morgan fingerprint density at radius 1 is 0.444 bits per heavy atom. The van der Waals surface area contributed by atoms with Crippen LogP contribution >= 0.6 is 7.82 Å². The summed E-state index contributed by atoms with van der Waals surface area (Å²) in [6.07, 6.45) is 71.9. The van der Waals surface area contributed by atoms with Gasteiger partial charge in [0.05, 0.1) is 34.4 Å². The molecule has 0 radical (unpaired) electrons. The normalized spacial score (nSPS) is 13.7. The van der Waals surface area contributed by atoms with Crippen LogP contribution in [0.4, 0.5) is 0 Å². The first-order valence-electron chi connectivity index (χ1n) is 30.9. The topological polar surface area (TPSA) is 91.3 Å². The van der Waals surface area contributed by atoms with E-state index >= 15 is 0 Å². The molecule has 424 valence electrons. The molecule has 0 fully saturated rings. The number of phosphoric acid groups is 1. The van der Waals surface area contributed by atoms with Gasteiger partial charge in [-0.15, -0.1) is 0 Å². The maximum atomic E-state index is 12.8. The lowest BCUT2D eigenvalue weighted by Gasteiger charge is -2.24. The monoisotopic (exact) mass is 1030 g/mol. The average molecular weight is 1040 g/mol. The van der Waals surface area contributed by atoms with E-state index in [9.17, 15) is 14.3 Å². The van der Waals surface area contributed by atoms with Crippen molar-refractivity contribution in [2.45, 2.75) is 296 Å². The van der Waals surface area contributed by atoms with Gasteiger partial charge in [-0.1, -0.05) is 281 Å². The number of carbonyl (C=O) groups excluding carboxylic acids is 1. The van der Waals surface area contributed by atoms with Crippen molar-refractivity contribution < 1.29 is 37.3 Å². The summed E-state index contributed by atoms with van der Waals surface area (Å²) in [5.41, 5.74) is 0. The number of hydrogen-bond acceptors (Lipinski definition) is 6. The first kappa shape index (κ1) is 70.5. The van der Waals surface area contributed by atoms with E-state index in [-0.39, 0.29) is 25.8 Å². The van der Waals surface area contributed by atoms with E-state index in [4.69, 9.17) is 18.5 Å². The van der Waals surface area contributed by atoms with E-state index < -0.39 is 13.9 Å². The molecule has 0 aliphatic rings. The minimum absolute atomic E-state index is 0.0893. The second-order valence-corrected chi connectivity index (χ2v) is 23.5. The molecule has 9 heteroatoms. The number of nitrogens with zero attached hydrogens (tertiary/aromatic N) is 1. The lowest BCUT2D eigenvalue weighted by molar-refractivity contribution is -0.870. The van der Waals surface area contributed by atoms with Gasteiger partial charge in [0.1, 0.15) is 19.3 Å². The van der Waals surface area contributed by atoms with Crippen molar-refractivity contribution in [3.63, 3.8) is 0 Å². The fourth-order valence-corrected chi connectivity index (χ4v) is 9.70. The Kier molecular flexibility index (Phi) is 54.5. The summed E-state index contributed by atoms with van der Waals surface area (Å²) in [7, 11) is 1.68. The van der Waals surface area contributed by atoms with Crippen LogP contribution in [0.5, 0.6) is 0 Å². The van der Waals surface area contributed by atoms with Crippen molar-refractivity contribution in [1.29, 1.82) is 0 Å². The Hall–Kier alpha value is -1.54. The summed E-state index contributed by atoms with van der Waals surface area (Å²) >= 11 is 0. The number of likely N-dealkylation sites (N-methyl/N-ethyl adjacent to an activating group) is 1. The highest BCUT2D eigenvalue weighted by Crippen LogP contribution is 2.43. The lowest BCUT2D eigenvalue weighted by Crippen LogP contribution is -2.37. The van der Waals surface area contributed by atoms with Crippen molar-refractivity contribution in [3.05, 3.63) is 48.6 Å². The zero-order valence-corrected chi connectivity index (χ0v) is 49.3. The molecule has 0 aliphatic carbocycles. The van der Waals surface area contributed by atoms with E-state index in [1.165, 1.54) is 212 Å². The third-order valence-electron chi connectivity index (χ3n) is 13.7. The van der Waals surface area contributed by atoms with E-state index in [0.29, 0.717) is 24.1 Å². The predicted octanol–water partition coefficient (Wildman–Crippen LogP) is 19.8. The molecule has 72 heavy (non-hydrogen) atoms. The molecule has 0 saturated carbocycles. The predicted molar refractivity (Wildman–Crippen MR) is 312 cm³/mol. The quantitative estimate of drug-likeness (QED) is 0.0213. The van der Waals surface area contributed by atoms with Crippen LogP contribution in [-0.4, -0.2) is 75.6 Å². The highest BCUT2D eigenvalue weighted by Gasteiger charge is 2.26. The van der Waals surface area contributed by atoms with Crippen molar-refractivity contribution in [2.24, 2.45) is 0 Å². The van der Waals surface area contributed by atoms with Gasteiger partial charge in [0, 0.05) is 13.0 Å². The van der Waals surface area contributed by atoms with Crippen LogP contribution in [0.3, 0.4) is 0 Å². The van der Waals surface area contributed by atoms with Crippen LogP contribution in [0.1, 0.15) is 290 Å². The Bertz CT molecular complexity index is 1290. The summed E-state index contributed by atoms with van der Waals surface area (Å²) in [5, 5.41) is 0. The molecule has 1 N–H and O–H groups in total. The summed E-state index contributed by atoms with van der Waals surface area (Å²) < 4.78 is 35.3. The van der Waals surface area contributed by atoms with E-state index in [1.54, 1.807) is 0 Å². The largest absolute Gasteiger partial charge is 0.472 e. The molecule has 0 aromatic carbocycles. The van der Waals surface area contributed by atoms with Crippen LogP contribution in [0.15, 0.2) is 48.6 Å². The molecule has 0 aromatic rings. The molecule has 0 aliphatic heterocycles. The number of unbranched alkanes of at least 4 members (excludes halogenated alkanes) is 36. The fourth-order valence-electron chi connectivity index (χ4n) is 8.96. The standard InChI is InChI=1S/C63H120NO7P/c1-6-8-10-12-14-16-18-20-22-24-26-28-30-32-34-36-38-40-42-44-46-48-50-52-54-56-63(65)71-62(61-70-72(66,67)69-59-57-64(3,4)5)60-68-58-55-53-51-49-47-45-43-41-39-37-35-33-31-29-27-25-23-21-19-17-15-13-11-9-7-2/h8,10,14,16,20,22,26,28,62H,6-7,9,11-13,15,17-19,21,23-25,27,29-61H2,1-5H3/p+1/b10-8-,16-14-,22-20-,28-26-. The van der Waals surface area contributed by atoms with Crippen LogP contribution in [0.25, 0.3) is 0 Å². The molecular weight excluding hydrogens is 914 g/mol. The number of rotatable bonds is 58. The Morgan fingerprint density at radius 2 is 0.806 bits per heavy atom. The van der Waals surface area contributed by atoms with Gasteiger partial charge in [0.15, 0.2) is 0 Å². The van der Waals surface area contributed by atoms with Crippen molar-refractivity contribution >= 4 is 13.8 Å². The van der Waals surface area contributed by atoms with Gasteiger partial charge in [-0.25, -0.2) is 4.57 Å². The van der Waals surface area contributed by atoms with E-state index in [2.05, 4.69) is 62.5 Å². The van der Waals surface area contributed by atoms with Gasteiger partial charge in [0.2, 0.25) is 0 Å². The minimum Gasteiger partial charge on any atom is -0.457 e. The number of esters is 1. The molecule has 2 atom stereocenters. The maximum Gasteiger partial charge on any atom is 0.472 e. The highest BCUT2D eigenvalue weighted by molar-refractivity contribution is 7.47. The van der Waals surface area contributed by atoms with E-state index in [0.717, 1.165) is 57.8 Å². The second kappa shape index (κ2) is 55.7. The van der Waals surface area contributed by atoms with Crippen LogP contribution in [-0.2, 0) is 27.9 Å². The van der Waals surface area contributed by atoms with Gasteiger partial charge >= 0.3 is 13.8 Å². The Morgan fingerprint density at radius 3 is 1.21 bits per heavy atom. The number of carbonyl (C=O) groups is 1. The van der Waals surface area contributed by atoms with Gasteiger partial charge in [-0.3, -0.25) is 13.8 Å². The van der Waals surface area contributed by atoms with Crippen LogP contribution in [0, 0.1) is 0 Å². The van der Waals surface area contributed by atoms with Crippen molar-refractivity contribution in [2.75, 3.05) is 54.1 Å². The van der Waals surface area contributed by atoms with Crippen LogP contribution in [0.2, 0.25) is 0 Å². The van der Waals surface area contributed by atoms with E-state index in [1.807, 2.05) is 21.1 Å². The second-order valence-electron chi connectivity index (χ2n) is 22.1. The van der Waals surface area contributed by atoms with Crippen molar-refractivity contribution in [3.8, 4) is 0 Å². The Labute approximate surface area is 448 Å². The number of phosphoric ester groups is 1. The molecular formula is C63H121NO7P+. The lowest BCUT2D eigenvalue weighted by atomic mass is 10.0. The maximum absolute atomic E-state index is 12.8. The molecule has 0 amide bonds. The average Bonchev–Trinajstić information content (AvgIpc) is 3.34. The van der Waals surface area contributed by atoms with Gasteiger partial charge in [-0.2, -0.15) is 0 Å². The SMILES string of the molecule is CC/C=C\C/C=C\C/C=C\C/C=C\CCCCCCCCCCCCCCC(=O)OC(COCCCCCCCCCCCCCCCCCCCCCCCCCCC)COP(=O)(O)OCC[N+](C)(C)C. The van der Waals surface area contributed by atoms with Gasteiger partial charge in [0.25, 0.3) is 0 Å². The number of ether oxygens (including phenoxy) is 2. The van der Waals surface area contributed by atoms with Gasteiger partial charge < -0.3 is 18.9 Å². The first-order chi connectivity index (χ1) is 35.1. The number of hydrogen-bond donors (Lipinski definition) is 1. The molecule has 0 heterocycles. The molecule has 0 aromatic heterocycles. The molecule has 0 spiro atoms. The van der Waals surface area contributed by atoms with Crippen molar-refractivity contribution in [1.82, 2.24) is 0 Å². The molecule has 0 saturated heterocycles. The summed E-state index contributed by atoms with van der Waals surface area (Å²) in [6.45, 7) is 5.57. The smallest absolute Gasteiger partial charge is 0.457 e. The van der Waals surface area contributed by atoms with Crippen LogP contribution < -0.4 is 0 Å². The summed E-state index contributed by atoms with van der Waals surface area (Å²) in [4.78, 5) is 23.1. The summed E-state index contributed by atoms with van der Waals surface area (Å²) in [6, 6.07) is 0. The third-order valence-corrected chi connectivity index (χ3v) is 14.6. The number of quaternary nitrogens is 1. The fraction of sp³-hybridized carbons (Fsp3) is 0.857. The first-order valence-corrected chi connectivity index (χ1v) is 32.4. The highest BCUT2D eigenvalue weighted by atomic mass is 31.2. The zero-order valence-electron chi connectivity index (χ0n) is 48.4. The third kappa shape index (κ3) is 59.3. The molecule has 8 nitrogen and oxygen atoms in total. The zero-order chi connectivity index (χ0) is 52.6. The van der Waals surface area contributed by atoms with Gasteiger partial charge in [-0.05, 0) is 51.4 Å². The molecule has 0 bridgehead atoms. The molecule has 2 unspecified atom stereocenters. The number of allylic oxidation sites excluding steroid dienone is 8. The Balaban J connectivity index is 4.01. The molecule has 0 rings (SSSR count). The summed E-state index contributed by atoms with van der Waals surface area (Å²) in [5.74, 6) is -0.311. The minimum atomic E-state index is -4.29.